The largest absolute Gasteiger partial charge is 0.493 e. The van der Waals surface area contributed by atoms with Gasteiger partial charge in [0.05, 0.1) is 14.2 Å². The molecule has 0 aromatic heterocycles. The number of methoxy groups -OCH3 is 2. The highest BCUT2D eigenvalue weighted by molar-refractivity contribution is 14.0. The van der Waals surface area contributed by atoms with Crippen LogP contribution >= 0.6 is 24.0 Å². The van der Waals surface area contributed by atoms with Crippen LogP contribution in [0.4, 0.5) is 0 Å². The van der Waals surface area contributed by atoms with Crippen LogP contribution in [0.25, 0.3) is 0 Å². The number of hydrogen-bond acceptors (Lipinski definition) is 3. The molecule has 124 valence electrons. The summed E-state index contributed by atoms with van der Waals surface area (Å²) in [5.41, 5.74) is 1.10. The molecule has 0 fully saturated rings. The average Bonchev–Trinajstić information content (AvgIpc) is 2.53. The number of nitrogens with zero attached hydrogens (tertiary/aromatic N) is 1. The molecule has 6 heteroatoms. The summed E-state index contributed by atoms with van der Waals surface area (Å²) >= 11 is 0. The maximum absolute atomic E-state index is 5.30. The Labute approximate surface area is 150 Å². The summed E-state index contributed by atoms with van der Waals surface area (Å²) in [6.45, 7) is 3.55. The number of ether oxygens (including phenoxy) is 2. The van der Waals surface area contributed by atoms with E-state index in [1.54, 1.807) is 21.3 Å². The first kappa shape index (κ1) is 20.6. The van der Waals surface area contributed by atoms with Crippen LogP contribution < -0.4 is 20.1 Å². The highest BCUT2D eigenvalue weighted by Crippen LogP contribution is 2.27. The van der Waals surface area contributed by atoms with E-state index in [-0.39, 0.29) is 24.0 Å². The molecule has 0 radical (unpaired) electrons. The first-order valence-electron chi connectivity index (χ1n) is 7.01. The summed E-state index contributed by atoms with van der Waals surface area (Å²) in [5, 5.41) is 6.53. The van der Waals surface area contributed by atoms with E-state index in [0.717, 1.165) is 36.0 Å². The van der Waals surface area contributed by atoms with Gasteiger partial charge in [0, 0.05) is 20.1 Å². The zero-order valence-electron chi connectivity index (χ0n) is 13.7. The number of halogens is 1. The molecule has 0 aliphatic carbocycles. The number of nitrogens with one attached hydrogen (secondary N) is 2. The second-order valence-electron chi connectivity index (χ2n) is 4.40. The van der Waals surface area contributed by atoms with Crippen LogP contribution in [0.3, 0.4) is 0 Å². The van der Waals surface area contributed by atoms with Crippen LogP contribution in [-0.4, -0.2) is 33.8 Å². The predicted molar refractivity (Wildman–Crippen MR) is 103 cm³/mol. The van der Waals surface area contributed by atoms with Gasteiger partial charge in [-0.15, -0.1) is 24.0 Å². The molecule has 0 spiro atoms. The Morgan fingerprint density at radius 3 is 2.50 bits per heavy atom. The molecule has 0 atom stereocenters. The summed E-state index contributed by atoms with van der Waals surface area (Å²) < 4.78 is 10.5. The number of guanidine groups is 1. The van der Waals surface area contributed by atoms with E-state index in [1.807, 2.05) is 31.2 Å². The van der Waals surface area contributed by atoms with Crippen molar-refractivity contribution >= 4 is 29.9 Å². The summed E-state index contributed by atoms with van der Waals surface area (Å²) in [7, 11) is 5.03. The fourth-order valence-electron chi connectivity index (χ4n) is 1.84. The Bertz CT molecular complexity index is 490. The third-order valence-electron chi connectivity index (χ3n) is 2.97. The summed E-state index contributed by atoms with van der Waals surface area (Å²) in [4.78, 5) is 4.19. The summed E-state index contributed by atoms with van der Waals surface area (Å²) in [6, 6.07) is 5.86. The van der Waals surface area contributed by atoms with Crippen molar-refractivity contribution in [2.45, 2.75) is 19.9 Å². The molecule has 22 heavy (non-hydrogen) atoms. The smallest absolute Gasteiger partial charge is 0.191 e. The topological polar surface area (TPSA) is 54.9 Å². The lowest BCUT2D eigenvalue weighted by molar-refractivity contribution is 0.354. The maximum Gasteiger partial charge on any atom is 0.191 e. The number of benzene rings is 1. The standard InChI is InChI=1S/C16H25N3O2.HI/c1-5-6-7-10-18-16(17-2)19-12-13-8-9-14(20-3)15(11-13)21-4;/h5-6,8-9,11H,7,10,12H2,1-4H3,(H2,17,18,19);1H. The van der Waals surface area contributed by atoms with E-state index in [0.29, 0.717) is 6.54 Å². The van der Waals surface area contributed by atoms with Crippen molar-refractivity contribution in [1.82, 2.24) is 10.6 Å². The SMILES string of the molecule is CC=CCCNC(=NC)NCc1ccc(OC)c(OC)c1.I. The van der Waals surface area contributed by atoms with E-state index < -0.39 is 0 Å². The van der Waals surface area contributed by atoms with Crippen molar-refractivity contribution in [3.05, 3.63) is 35.9 Å². The highest BCUT2D eigenvalue weighted by atomic mass is 127. The third-order valence-corrected chi connectivity index (χ3v) is 2.97. The normalized spacial score (nSPS) is 11.0. The Balaban J connectivity index is 0.00000441. The summed E-state index contributed by atoms with van der Waals surface area (Å²) in [6.07, 6.45) is 5.14. The van der Waals surface area contributed by atoms with E-state index in [4.69, 9.17) is 9.47 Å². The molecular formula is C16H26IN3O2. The Morgan fingerprint density at radius 1 is 1.18 bits per heavy atom. The van der Waals surface area contributed by atoms with Gasteiger partial charge < -0.3 is 20.1 Å². The summed E-state index contributed by atoms with van der Waals surface area (Å²) in [5.74, 6) is 2.25. The van der Waals surface area contributed by atoms with Crippen molar-refractivity contribution in [3.63, 3.8) is 0 Å². The Kier molecular flexibility index (Phi) is 11.3. The molecule has 1 aromatic carbocycles. The van der Waals surface area contributed by atoms with Crippen LogP contribution in [0.2, 0.25) is 0 Å². The van der Waals surface area contributed by atoms with Crippen molar-refractivity contribution in [1.29, 1.82) is 0 Å². The molecule has 2 N–H and O–H groups in total. The minimum atomic E-state index is 0. The van der Waals surface area contributed by atoms with Crippen molar-refractivity contribution in [2.75, 3.05) is 27.8 Å². The lowest BCUT2D eigenvalue weighted by atomic mass is 10.2. The molecule has 0 unspecified atom stereocenters. The molecule has 0 aliphatic heterocycles. The van der Waals surface area contributed by atoms with Gasteiger partial charge in [-0.05, 0) is 31.0 Å². The second kappa shape index (κ2) is 12.1. The molecule has 0 amide bonds. The number of aliphatic imine (C=N–C) groups is 1. The maximum atomic E-state index is 5.30. The van der Waals surface area contributed by atoms with E-state index in [2.05, 4.69) is 21.7 Å². The molecule has 0 saturated carbocycles. The molecular weight excluding hydrogens is 393 g/mol. The van der Waals surface area contributed by atoms with Gasteiger partial charge in [0.25, 0.3) is 0 Å². The zero-order chi connectivity index (χ0) is 15.5. The minimum Gasteiger partial charge on any atom is -0.493 e. The van der Waals surface area contributed by atoms with Gasteiger partial charge in [0.1, 0.15) is 0 Å². The van der Waals surface area contributed by atoms with Crippen molar-refractivity contribution in [3.8, 4) is 11.5 Å². The third kappa shape index (κ3) is 7.02. The van der Waals surface area contributed by atoms with Crippen LogP contribution in [0.1, 0.15) is 18.9 Å². The van der Waals surface area contributed by atoms with Gasteiger partial charge >= 0.3 is 0 Å². The number of rotatable bonds is 7. The molecule has 1 aromatic rings. The molecule has 0 heterocycles. The van der Waals surface area contributed by atoms with Crippen LogP contribution in [0.5, 0.6) is 11.5 Å². The van der Waals surface area contributed by atoms with Crippen LogP contribution in [-0.2, 0) is 6.54 Å². The average molecular weight is 419 g/mol. The highest BCUT2D eigenvalue weighted by Gasteiger charge is 2.05. The predicted octanol–water partition coefficient (Wildman–Crippen LogP) is 2.95. The van der Waals surface area contributed by atoms with Crippen molar-refractivity contribution < 1.29 is 9.47 Å². The number of hydrogen-bond donors (Lipinski definition) is 2. The minimum absolute atomic E-state index is 0. The van der Waals surface area contributed by atoms with Gasteiger partial charge in [-0.2, -0.15) is 0 Å². The Hall–Kier alpha value is -1.44. The van der Waals surface area contributed by atoms with Gasteiger partial charge in [-0.3, -0.25) is 4.99 Å². The Morgan fingerprint density at radius 2 is 1.91 bits per heavy atom. The first-order valence-corrected chi connectivity index (χ1v) is 7.01. The molecule has 1 rings (SSSR count). The fraction of sp³-hybridized carbons (Fsp3) is 0.438. The molecule has 0 saturated heterocycles. The van der Waals surface area contributed by atoms with Gasteiger partial charge in [0.15, 0.2) is 17.5 Å². The fourth-order valence-corrected chi connectivity index (χ4v) is 1.84. The lowest BCUT2D eigenvalue weighted by Gasteiger charge is -2.13. The second-order valence-corrected chi connectivity index (χ2v) is 4.40. The van der Waals surface area contributed by atoms with Crippen LogP contribution in [0.15, 0.2) is 35.3 Å². The van der Waals surface area contributed by atoms with E-state index in [9.17, 15) is 0 Å². The van der Waals surface area contributed by atoms with E-state index >= 15 is 0 Å². The quantitative estimate of drug-likeness (QED) is 0.235. The van der Waals surface area contributed by atoms with Crippen molar-refractivity contribution in [2.24, 2.45) is 4.99 Å². The lowest BCUT2D eigenvalue weighted by Crippen LogP contribution is -2.37. The molecule has 0 bridgehead atoms. The van der Waals surface area contributed by atoms with Gasteiger partial charge in [0.2, 0.25) is 0 Å². The molecule has 5 nitrogen and oxygen atoms in total. The zero-order valence-corrected chi connectivity index (χ0v) is 16.0. The van der Waals surface area contributed by atoms with Crippen LogP contribution in [0, 0.1) is 0 Å². The van der Waals surface area contributed by atoms with Gasteiger partial charge in [-0.1, -0.05) is 18.2 Å². The number of allylic oxidation sites excluding steroid dienone is 1. The first-order chi connectivity index (χ1) is 10.2. The van der Waals surface area contributed by atoms with Gasteiger partial charge in [-0.25, -0.2) is 0 Å². The molecule has 0 aliphatic rings. The van der Waals surface area contributed by atoms with E-state index in [1.165, 1.54) is 0 Å². The monoisotopic (exact) mass is 419 g/mol.